The third kappa shape index (κ3) is 3.56. The second-order valence-corrected chi connectivity index (χ2v) is 7.65. The summed E-state index contributed by atoms with van der Waals surface area (Å²) in [6.07, 6.45) is 1.79. The van der Waals surface area contributed by atoms with Gasteiger partial charge in [-0.2, -0.15) is 4.37 Å². The third-order valence-corrected chi connectivity index (χ3v) is 3.45. The van der Waals surface area contributed by atoms with Crippen LogP contribution in [0.2, 0.25) is 0 Å². The Kier molecular flexibility index (Phi) is 3.86. The van der Waals surface area contributed by atoms with E-state index < -0.39 is 0 Å². The van der Waals surface area contributed by atoms with E-state index in [0.717, 1.165) is 16.7 Å². The van der Waals surface area contributed by atoms with E-state index in [0.29, 0.717) is 12.4 Å². The number of anilines is 1. The Balaban J connectivity index is 1.99. The van der Waals surface area contributed by atoms with Crippen LogP contribution >= 0.6 is 11.5 Å². The molecule has 0 aliphatic rings. The molecule has 0 unspecified atom stereocenters. The first kappa shape index (κ1) is 15.0. The van der Waals surface area contributed by atoms with Gasteiger partial charge in [0.25, 0.3) is 0 Å². The molecule has 0 spiro atoms. The van der Waals surface area contributed by atoms with Gasteiger partial charge in [-0.05, 0) is 0 Å². The number of rotatable bonds is 3. The number of hydrogen-bond donors (Lipinski definition) is 1. The van der Waals surface area contributed by atoms with E-state index in [1.54, 1.807) is 6.20 Å². The van der Waals surface area contributed by atoms with Gasteiger partial charge in [-0.15, -0.1) is 0 Å². The van der Waals surface area contributed by atoms with Crippen LogP contribution in [0.25, 0.3) is 0 Å². The van der Waals surface area contributed by atoms with Gasteiger partial charge in [0.15, 0.2) is 0 Å². The van der Waals surface area contributed by atoms with E-state index in [4.69, 9.17) is 4.42 Å². The van der Waals surface area contributed by atoms with Gasteiger partial charge in [-0.1, -0.05) is 41.5 Å². The average molecular weight is 294 g/mol. The molecule has 6 heteroatoms. The van der Waals surface area contributed by atoms with E-state index in [2.05, 4.69) is 61.2 Å². The molecule has 20 heavy (non-hydrogen) atoms. The lowest BCUT2D eigenvalue weighted by atomic mass is 9.94. The van der Waals surface area contributed by atoms with E-state index in [1.165, 1.54) is 11.5 Å². The molecule has 0 saturated carbocycles. The molecule has 0 saturated heterocycles. The van der Waals surface area contributed by atoms with Crippen molar-refractivity contribution in [3.8, 4) is 0 Å². The lowest BCUT2D eigenvalue weighted by Crippen LogP contribution is -2.13. The molecule has 0 aromatic carbocycles. The molecule has 0 aliphatic heterocycles. The highest BCUT2D eigenvalue weighted by Crippen LogP contribution is 2.25. The van der Waals surface area contributed by atoms with Gasteiger partial charge < -0.3 is 9.73 Å². The Labute approximate surface area is 124 Å². The molecule has 2 aromatic rings. The molecule has 2 heterocycles. The molecule has 0 fully saturated rings. The highest BCUT2D eigenvalue weighted by atomic mass is 32.1. The average Bonchev–Trinajstić information content (AvgIpc) is 2.94. The summed E-state index contributed by atoms with van der Waals surface area (Å²) in [5.74, 6) is 2.41. The molecule has 5 nitrogen and oxygen atoms in total. The van der Waals surface area contributed by atoms with E-state index >= 15 is 0 Å². The van der Waals surface area contributed by atoms with E-state index in [9.17, 15) is 0 Å². The molecule has 0 atom stereocenters. The van der Waals surface area contributed by atoms with Crippen molar-refractivity contribution in [2.24, 2.45) is 0 Å². The Morgan fingerprint density at radius 3 is 2.35 bits per heavy atom. The van der Waals surface area contributed by atoms with Crippen LogP contribution in [-0.2, 0) is 17.4 Å². The van der Waals surface area contributed by atoms with Gasteiger partial charge >= 0.3 is 0 Å². The lowest BCUT2D eigenvalue weighted by molar-refractivity contribution is 0.385. The zero-order valence-electron chi connectivity index (χ0n) is 12.9. The van der Waals surface area contributed by atoms with Crippen LogP contribution in [0.5, 0.6) is 0 Å². The van der Waals surface area contributed by atoms with Crippen molar-refractivity contribution in [2.45, 2.75) is 58.9 Å². The highest BCUT2D eigenvalue weighted by Gasteiger charge is 2.21. The minimum atomic E-state index is -0.0290. The minimum absolute atomic E-state index is 0.0204. The van der Waals surface area contributed by atoms with E-state index in [-0.39, 0.29) is 10.8 Å². The predicted octanol–water partition coefficient (Wildman–Crippen LogP) is 3.73. The third-order valence-electron chi connectivity index (χ3n) is 2.78. The molecule has 110 valence electrons. The van der Waals surface area contributed by atoms with Crippen LogP contribution in [-0.4, -0.2) is 14.3 Å². The smallest absolute Gasteiger partial charge is 0.213 e. The zero-order valence-corrected chi connectivity index (χ0v) is 13.8. The van der Waals surface area contributed by atoms with Crippen LogP contribution in [0.3, 0.4) is 0 Å². The molecule has 0 amide bonds. The number of aromatic nitrogens is 3. The zero-order chi connectivity index (χ0) is 15.0. The van der Waals surface area contributed by atoms with Gasteiger partial charge in [0, 0.05) is 22.4 Å². The van der Waals surface area contributed by atoms with Crippen molar-refractivity contribution in [3.05, 3.63) is 23.7 Å². The summed E-state index contributed by atoms with van der Waals surface area (Å²) in [5, 5.41) is 4.00. The van der Waals surface area contributed by atoms with Crippen molar-refractivity contribution in [2.75, 3.05) is 5.32 Å². The standard InChI is InChI=1S/C14H22N4OS/c1-13(2,3)9-7-15-10(19-9)8-16-12-17-11(18-20-12)14(4,5)6/h7H,8H2,1-6H3,(H,16,17,18). The first-order valence-electron chi connectivity index (χ1n) is 6.69. The summed E-state index contributed by atoms with van der Waals surface area (Å²) in [6, 6.07) is 0. The van der Waals surface area contributed by atoms with Gasteiger partial charge in [0.05, 0.1) is 12.7 Å². The van der Waals surface area contributed by atoms with Crippen LogP contribution < -0.4 is 5.32 Å². The van der Waals surface area contributed by atoms with Crippen molar-refractivity contribution >= 4 is 16.7 Å². The number of nitrogens with zero attached hydrogens (tertiary/aromatic N) is 3. The molecule has 0 radical (unpaired) electrons. The second-order valence-electron chi connectivity index (χ2n) is 6.89. The minimum Gasteiger partial charge on any atom is -0.443 e. The van der Waals surface area contributed by atoms with Gasteiger partial charge in [-0.25, -0.2) is 9.97 Å². The maximum atomic E-state index is 5.73. The first-order chi connectivity index (χ1) is 9.16. The van der Waals surface area contributed by atoms with Crippen LogP contribution in [0.15, 0.2) is 10.6 Å². The quantitative estimate of drug-likeness (QED) is 0.934. The van der Waals surface area contributed by atoms with Crippen molar-refractivity contribution in [1.29, 1.82) is 0 Å². The summed E-state index contributed by atoms with van der Waals surface area (Å²) in [6.45, 7) is 13.1. The molecule has 0 aliphatic carbocycles. The second kappa shape index (κ2) is 5.16. The van der Waals surface area contributed by atoms with Crippen molar-refractivity contribution in [3.63, 3.8) is 0 Å². The fourth-order valence-corrected chi connectivity index (χ4v) is 2.24. The van der Waals surface area contributed by atoms with Gasteiger partial charge in [-0.3, -0.25) is 0 Å². The van der Waals surface area contributed by atoms with Gasteiger partial charge in [0.1, 0.15) is 11.6 Å². The molecule has 1 N–H and O–H groups in total. The first-order valence-corrected chi connectivity index (χ1v) is 7.47. The summed E-state index contributed by atoms with van der Waals surface area (Å²) in [4.78, 5) is 8.76. The summed E-state index contributed by atoms with van der Waals surface area (Å²) < 4.78 is 10.1. The fourth-order valence-electron chi connectivity index (χ4n) is 1.49. The Morgan fingerprint density at radius 1 is 1.15 bits per heavy atom. The van der Waals surface area contributed by atoms with Crippen molar-refractivity contribution in [1.82, 2.24) is 14.3 Å². The topological polar surface area (TPSA) is 63.8 Å². The van der Waals surface area contributed by atoms with Crippen molar-refractivity contribution < 1.29 is 4.42 Å². The summed E-state index contributed by atoms with van der Waals surface area (Å²) in [7, 11) is 0. The number of oxazole rings is 1. The fraction of sp³-hybridized carbons (Fsp3) is 0.643. The van der Waals surface area contributed by atoms with Crippen LogP contribution in [0.1, 0.15) is 59.0 Å². The van der Waals surface area contributed by atoms with Crippen LogP contribution in [0.4, 0.5) is 5.13 Å². The molecular formula is C14H22N4OS. The Bertz CT molecular complexity index is 522. The maximum absolute atomic E-state index is 5.73. The Morgan fingerprint density at radius 2 is 1.85 bits per heavy atom. The molecular weight excluding hydrogens is 272 g/mol. The largest absolute Gasteiger partial charge is 0.443 e. The maximum Gasteiger partial charge on any atom is 0.213 e. The molecule has 0 bridgehead atoms. The van der Waals surface area contributed by atoms with E-state index in [1.807, 2.05) is 0 Å². The normalized spacial score (nSPS) is 12.7. The SMILES string of the molecule is CC(C)(C)c1nsc(NCc2ncc(C(C)(C)C)o2)n1. The molecule has 2 rings (SSSR count). The molecule has 2 aromatic heterocycles. The van der Waals surface area contributed by atoms with Gasteiger partial charge in [0.2, 0.25) is 11.0 Å². The lowest BCUT2D eigenvalue weighted by Gasteiger charge is -2.13. The highest BCUT2D eigenvalue weighted by molar-refractivity contribution is 7.09. The number of hydrogen-bond acceptors (Lipinski definition) is 6. The number of nitrogens with one attached hydrogen (secondary N) is 1. The Hall–Kier alpha value is -1.43. The monoisotopic (exact) mass is 294 g/mol. The summed E-state index contributed by atoms with van der Waals surface area (Å²) in [5.41, 5.74) is -0.0494. The van der Waals surface area contributed by atoms with Crippen LogP contribution in [0, 0.1) is 0 Å². The summed E-state index contributed by atoms with van der Waals surface area (Å²) >= 11 is 1.37. The predicted molar refractivity (Wildman–Crippen MR) is 81.1 cm³/mol.